The molecule has 2 aliphatic rings. The Hall–Kier alpha value is -3.38. The van der Waals surface area contributed by atoms with Gasteiger partial charge in [-0.3, -0.25) is 4.90 Å². The fraction of sp³-hybridized carbons (Fsp3) is 0.310. The highest BCUT2D eigenvalue weighted by molar-refractivity contribution is 7.89. The zero-order valence-corrected chi connectivity index (χ0v) is 24.0. The lowest BCUT2D eigenvalue weighted by molar-refractivity contribution is 0.0907. The SMILES string of the molecule is C=C/C(=C\C(=C)F)Nc1ccnc(Nc2ccc(S(=O)(=O)N(C)C3CC4CCC(C3)N4Cc3ccsc3)cc2)n1. The topological polar surface area (TPSA) is 90.5 Å². The Morgan fingerprint density at radius 3 is 2.55 bits per heavy atom. The van der Waals surface area contributed by atoms with Gasteiger partial charge < -0.3 is 10.6 Å². The molecule has 0 saturated carbocycles. The highest BCUT2D eigenvalue weighted by Gasteiger charge is 2.43. The minimum absolute atomic E-state index is 0.0215. The third kappa shape index (κ3) is 6.33. The summed E-state index contributed by atoms with van der Waals surface area (Å²) in [6.45, 7) is 7.81. The van der Waals surface area contributed by atoms with Crippen molar-refractivity contribution in [2.75, 3.05) is 17.7 Å². The molecule has 2 saturated heterocycles. The van der Waals surface area contributed by atoms with Crippen LogP contribution in [0.5, 0.6) is 0 Å². The molecule has 2 N–H and O–H groups in total. The average molecular weight is 581 g/mol. The summed E-state index contributed by atoms with van der Waals surface area (Å²) in [5.74, 6) is 0.119. The van der Waals surface area contributed by atoms with Gasteiger partial charge in [0.1, 0.15) is 11.6 Å². The second kappa shape index (κ2) is 12.0. The second-order valence-corrected chi connectivity index (χ2v) is 12.9. The first kappa shape index (κ1) is 28.2. The van der Waals surface area contributed by atoms with E-state index in [-0.39, 0.29) is 10.9 Å². The number of hydrogen-bond donors (Lipinski definition) is 2. The summed E-state index contributed by atoms with van der Waals surface area (Å²) < 4.78 is 41.8. The van der Waals surface area contributed by atoms with E-state index in [1.165, 1.54) is 17.7 Å². The summed E-state index contributed by atoms with van der Waals surface area (Å²) in [6.07, 6.45) is 8.14. The van der Waals surface area contributed by atoms with Crippen LogP contribution in [0.1, 0.15) is 31.2 Å². The molecule has 2 unspecified atom stereocenters. The molecule has 2 aromatic heterocycles. The molecular weight excluding hydrogens is 547 g/mol. The number of halogens is 1. The molecule has 2 aliphatic heterocycles. The first-order valence-corrected chi connectivity index (χ1v) is 15.5. The first-order valence-electron chi connectivity index (χ1n) is 13.1. The maximum atomic E-state index is 13.5. The largest absolute Gasteiger partial charge is 0.340 e. The zero-order valence-electron chi connectivity index (χ0n) is 22.3. The van der Waals surface area contributed by atoms with E-state index in [0.29, 0.717) is 35.2 Å². The maximum Gasteiger partial charge on any atom is 0.243 e. The number of anilines is 3. The van der Waals surface area contributed by atoms with Crippen LogP contribution in [0, 0.1) is 0 Å². The zero-order chi connectivity index (χ0) is 28.3. The standard InChI is InChI=1S/C29H33FN6O2S2/c1-4-22(15-20(2)30)32-28-11-13-31-29(34-28)33-23-5-9-27(10-6-23)40(37,38)35(3)26-16-24-7-8-25(17-26)36(24)18-21-12-14-39-19-21/h4-6,9-15,19,24-26H,1-2,7-8,16-18H2,3H3,(H2,31,32,33,34)/b22-15+. The van der Waals surface area contributed by atoms with Crippen LogP contribution in [0.15, 0.2) is 95.1 Å². The fourth-order valence-electron chi connectivity index (χ4n) is 5.55. The van der Waals surface area contributed by atoms with Crippen LogP contribution < -0.4 is 10.6 Å². The molecule has 8 nitrogen and oxygen atoms in total. The quantitative estimate of drug-likeness (QED) is 0.266. The number of allylic oxidation sites excluding steroid dienone is 3. The molecule has 2 fully saturated rings. The van der Waals surface area contributed by atoms with Gasteiger partial charge in [-0.1, -0.05) is 13.2 Å². The molecule has 210 valence electrons. The lowest BCUT2D eigenvalue weighted by Crippen LogP contribution is -2.50. The van der Waals surface area contributed by atoms with Crippen molar-refractivity contribution < 1.29 is 12.8 Å². The monoisotopic (exact) mass is 580 g/mol. The molecule has 0 amide bonds. The Morgan fingerprint density at radius 2 is 1.93 bits per heavy atom. The van der Waals surface area contributed by atoms with Crippen molar-refractivity contribution in [2.24, 2.45) is 0 Å². The van der Waals surface area contributed by atoms with Gasteiger partial charge >= 0.3 is 0 Å². The van der Waals surface area contributed by atoms with E-state index < -0.39 is 15.9 Å². The molecule has 2 bridgehead atoms. The third-order valence-electron chi connectivity index (χ3n) is 7.57. The van der Waals surface area contributed by atoms with Crippen molar-refractivity contribution in [1.29, 1.82) is 0 Å². The average Bonchev–Trinajstić information content (AvgIpc) is 3.52. The van der Waals surface area contributed by atoms with Crippen LogP contribution in [-0.2, 0) is 16.6 Å². The molecule has 5 rings (SSSR count). The van der Waals surface area contributed by atoms with Crippen molar-refractivity contribution in [3.05, 3.63) is 95.8 Å². The molecule has 3 aromatic rings. The highest BCUT2D eigenvalue weighted by atomic mass is 32.2. The highest BCUT2D eigenvalue weighted by Crippen LogP contribution is 2.39. The molecule has 2 atom stereocenters. The molecule has 0 aliphatic carbocycles. The summed E-state index contributed by atoms with van der Waals surface area (Å²) in [7, 11) is -1.95. The summed E-state index contributed by atoms with van der Waals surface area (Å²) in [6, 6.07) is 11.2. The molecule has 4 heterocycles. The molecule has 0 spiro atoms. The van der Waals surface area contributed by atoms with Gasteiger partial charge in [0.05, 0.1) is 4.90 Å². The minimum atomic E-state index is -3.65. The Bertz CT molecular complexity index is 1480. The summed E-state index contributed by atoms with van der Waals surface area (Å²) in [4.78, 5) is 11.4. The molecular formula is C29H33FN6O2S2. The second-order valence-electron chi connectivity index (χ2n) is 10.1. The van der Waals surface area contributed by atoms with Gasteiger partial charge in [-0.05, 0) is 90.6 Å². The number of fused-ring (bicyclic) bond motifs is 2. The number of benzene rings is 1. The molecule has 0 radical (unpaired) electrons. The number of sulfonamides is 1. The van der Waals surface area contributed by atoms with Gasteiger partial charge in [0.25, 0.3) is 0 Å². The normalized spacial score (nSPS) is 21.4. The van der Waals surface area contributed by atoms with Crippen LogP contribution in [0.3, 0.4) is 0 Å². The fourth-order valence-corrected chi connectivity index (χ4v) is 7.58. The summed E-state index contributed by atoms with van der Waals surface area (Å²) in [5, 5.41) is 10.3. The Balaban J connectivity index is 1.23. The van der Waals surface area contributed by atoms with Gasteiger partial charge in [0.15, 0.2) is 0 Å². The summed E-state index contributed by atoms with van der Waals surface area (Å²) >= 11 is 1.72. The van der Waals surface area contributed by atoms with E-state index in [2.05, 4.69) is 55.5 Å². The van der Waals surface area contributed by atoms with Gasteiger partial charge in [0, 0.05) is 49.3 Å². The van der Waals surface area contributed by atoms with E-state index in [9.17, 15) is 12.8 Å². The maximum absolute atomic E-state index is 13.5. The van der Waals surface area contributed by atoms with Crippen molar-refractivity contribution in [3.8, 4) is 0 Å². The lowest BCUT2D eigenvalue weighted by Gasteiger charge is -2.41. The van der Waals surface area contributed by atoms with Crippen LogP contribution in [-0.4, -0.2) is 52.8 Å². The number of hydrogen-bond acceptors (Lipinski definition) is 8. The smallest absolute Gasteiger partial charge is 0.243 e. The van der Waals surface area contributed by atoms with Crippen molar-refractivity contribution in [1.82, 2.24) is 19.2 Å². The van der Waals surface area contributed by atoms with Gasteiger partial charge in [-0.2, -0.15) is 20.6 Å². The number of aromatic nitrogens is 2. The molecule has 40 heavy (non-hydrogen) atoms. The third-order valence-corrected chi connectivity index (χ3v) is 10.2. The number of thiophene rings is 1. The lowest BCUT2D eigenvalue weighted by atomic mass is 9.97. The van der Waals surface area contributed by atoms with Gasteiger partial charge in [-0.15, -0.1) is 0 Å². The number of nitrogens with zero attached hydrogens (tertiary/aromatic N) is 4. The van der Waals surface area contributed by atoms with Crippen LogP contribution in [0.4, 0.5) is 21.8 Å². The predicted molar refractivity (Wildman–Crippen MR) is 159 cm³/mol. The summed E-state index contributed by atoms with van der Waals surface area (Å²) in [5.41, 5.74) is 2.37. The Kier molecular flexibility index (Phi) is 8.46. The Labute approximate surface area is 239 Å². The molecule has 11 heteroatoms. The predicted octanol–water partition coefficient (Wildman–Crippen LogP) is 6.06. The van der Waals surface area contributed by atoms with Crippen LogP contribution in [0.25, 0.3) is 0 Å². The van der Waals surface area contributed by atoms with Gasteiger partial charge in [-0.25, -0.2) is 17.8 Å². The van der Waals surface area contributed by atoms with E-state index in [1.807, 2.05) is 0 Å². The van der Waals surface area contributed by atoms with E-state index in [4.69, 9.17) is 0 Å². The number of piperidine rings is 1. The van der Waals surface area contributed by atoms with E-state index >= 15 is 0 Å². The van der Waals surface area contributed by atoms with Crippen molar-refractivity contribution in [3.63, 3.8) is 0 Å². The first-order chi connectivity index (χ1) is 19.2. The number of rotatable bonds is 11. The van der Waals surface area contributed by atoms with Crippen molar-refractivity contribution >= 4 is 38.8 Å². The van der Waals surface area contributed by atoms with Crippen LogP contribution >= 0.6 is 11.3 Å². The molecule has 1 aromatic carbocycles. The van der Waals surface area contributed by atoms with E-state index in [1.54, 1.807) is 59.2 Å². The van der Waals surface area contributed by atoms with Crippen LogP contribution in [0.2, 0.25) is 0 Å². The van der Waals surface area contributed by atoms with Gasteiger partial charge in [0.2, 0.25) is 16.0 Å². The van der Waals surface area contributed by atoms with E-state index in [0.717, 1.165) is 32.2 Å². The number of nitrogens with one attached hydrogen (secondary N) is 2. The minimum Gasteiger partial charge on any atom is -0.340 e. The Morgan fingerprint density at radius 1 is 1.20 bits per heavy atom. The van der Waals surface area contributed by atoms with Crippen molar-refractivity contribution in [2.45, 2.75) is 55.2 Å².